The lowest BCUT2D eigenvalue weighted by molar-refractivity contribution is -0.120. The summed E-state index contributed by atoms with van der Waals surface area (Å²) in [5.41, 5.74) is 1.56. The molecule has 0 N–H and O–H groups in total. The number of sulfone groups is 1. The van der Waals surface area contributed by atoms with Gasteiger partial charge in [-0.3, -0.25) is 19.3 Å². The molecule has 10 heteroatoms. The lowest BCUT2D eigenvalue weighted by Gasteiger charge is -2.21. The first-order valence-corrected chi connectivity index (χ1v) is 14.7. The second-order valence-electron chi connectivity index (χ2n) is 9.77. The first kappa shape index (κ1) is 27.7. The second kappa shape index (κ2) is 11.1. The number of nitrogens with zero attached hydrogens (tertiary/aromatic N) is 2. The number of ether oxygens (including phenoxy) is 2. The highest BCUT2D eigenvalue weighted by molar-refractivity contribution is 7.95. The van der Waals surface area contributed by atoms with Crippen LogP contribution in [0.5, 0.6) is 17.2 Å². The highest BCUT2D eigenvalue weighted by Crippen LogP contribution is 2.32. The van der Waals surface area contributed by atoms with Crippen LogP contribution >= 0.6 is 0 Å². The summed E-state index contributed by atoms with van der Waals surface area (Å²) < 4.78 is 38.5. The topological polar surface area (TPSA) is 110 Å². The van der Waals surface area contributed by atoms with Crippen molar-refractivity contribution < 1.29 is 32.3 Å². The van der Waals surface area contributed by atoms with E-state index in [-0.39, 0.29) is 15.7 Å². The number of rotatable bonds is 8. The number of allylic oxidation sites excluding steroid dienone is 2. The van der Waals surface area contributed by atoms with Crippen LogP contribution in [0.2, 0.25) is 0 Å². The summed E-state index contributed by atoms with van der Waals surface area (Å²) in [4.78, 5) is 38.9. The second-order valence-corrected chi connectivity index (χ2v) is 11.7. The molecule has 0 bridgehead atoms. The summed E-state index contributed by atoms with van der Waals surface area (Å²) in [7, 11) is -3.79. The van der Waals surface area contributed by atoms with Crippen LogP contribution < -0.4 is 19.3 Å². The number of hydrogen-bond donors (Lipinski definition) is 0. The van der Waals surface area contributed by atoms with E-state index >= 15 is 0 Å². The third-order valence-electron chi connectivity index (χ3n) is 6.88. The molecule has 2 heterocycles. The number of hydrogen-bond acceptors (Lipinski definition) is 7. The van der Waals surface area contributed by atoms with Gasteiger partial charge in [-0.1, -0.05) is 24.8 Å². The Bertz CT molecular complexity index is 1870. The van der Waals surface area contributed by atoms with Crippen molar-refractivity contribution in [3.63, 3.8) is 0 Å². The van der Waals surface area contributed by atoms with E-state index in [1.165, 1.54) is 53.5 Å². The maximum atomic E-state index is 13.3. The molecule has 1 aliphatic carbocycles. The van der Waals surface area contributed by atoms with Crippen LogP contribution in [-0.2, 0) is 24.2 Å². The third-order valence-corrected chi connectivity index (χ3v) is 8.70. The normalized spacial score (nSPS) is 18.0. The number of carbonyl (C=O) groups excluding carboxylic acids is 3. The van der Waals surface area contributed by atoms with E-state index in [1.807, 2.05) is 0 Å². The molecular formula is C33H24N2O7S. The molecule has 3 aliphatic rings. The molecule has 43 heavy (non-hydrogen) atoms. The van der Waals surface area contributed by atoms with Crippen molar-refractivity contribution in [2.24, 2.45) is 0 Å². The number of carbonyl (C=O) groups is 3. The van der Waals surface area contributed by atoms with Crippen molar-refractivity contribution in [3.8, 4) is 17.2 Å². The van der Waals surface area contributed by atoms with Crippen molar-refractivity contribution in [1.82, 2.24) is 0 Å². The van der Waals surface area contributed by atoms with Gasteiger partial charge in [0.05, 0.1) is 21.2 Å². The minimum absolute atomic E-state index is 0.0972. The summed E-state index contributed by atoms with van der Waals surface area (Å²) in [6.07, 6.45) is 10.3. The van der Waals surface area contributed by atoms with Gasteiger partial charge in [0.2, 0.25) is 9.84 Å². The SMILES string of the molecule is C=C1C=CC(=O)N1c1cccc(OC2C=CC(S(=O)(=O)c3ccc(Oc4cccc(N5C(=O)C=CC5=O)c4)cc3)=CC2)c1. The van der Waals surface area contributed by atoms with Gasteiger partial charge < -0.3 is 9.47 Å². The quantitative estimate of drug-likeness (QED) is 0.323. The van der Waals surface area contributed by atoms with Crippen molar-refractivity contribution >= 4 is 38.9 Å². The first-order valence-electron chi connectivity index (χ1n) is 13.2. The number of amides is 3. The van der Waals surface area contributed by atoms with Gasteiger partial charge in [-0.15, -0.1) is 0 Å². The zero-order valence-corrected chi connectivity index (χ0v) is 23.4. The maximum absolute atomic E-state index is 13.3. The minimum Gasteiger partial charge on any atom is -0.486 e. The van der Waals surface area contributed by atoms with Gasteiger partial charge in [0.1, 0.15) is 23.4 Å². The Morgan fingerprint density at radius 2 is 1.30 bits per heavy atom. The molecule has 0 aromatic heterocycles. The van der Waals surface area contributed by atoms with Gasteiger partial charge in [-0.2, -0.15) is 0 Å². The van der Waals surface area contributed by atoms with E-state index < -0.39 is 27.8 Å². The van der Waals surface area contributed by atoms with Gasteiger partial charge in [0, 0.05) is 42.5 Å². The number of imide groups is 1. The summed E-state index contributed by atoms with van der Waals surface area (Å²) in [6.45, 7) is 3.88. The molecule has 9 nitrogen and oxygen atoms in total. The Labute approximate surface area is 247 Å². The van der Waals surface area contributed by atoms with Crippen molar-refractivity contribution in [3.05, 3.63) is 133 Å². The van der Waals surface area contributed by atoms with E-state index in [9.17, 15) is 22.8 Å². The predicted octanol–water partition coefficient (Wildman–Crippen LogP) is 5.39. The molecule has 0 saturated carbocycles. The molecule has 1 unspecified atom stereocenters. The summed E-state index contributed by atoms with van der Waals surface area (Å²) >= 11 is 0. The van der Waals surface area contributed by atoms with Crippen LogP contribution in [0, 0.1) is 0 Å². The summed E-state index contributed by atoms with van der Waals surface area (Å²) in [5.74, 6) is 0.243. The molecule has 0 saturated heterocycles. The van der Waals surface area contributed by atoms with Crippen LogP contribution in [0.4, 0.5) is 11.4 Å². The van der Waals surface area contributed by atoms with Gasteiger partial charge in [0.15, 0.2) is 0 Å². The van der Waals surface area contributed by atoms with Crippen molar-refractivity contribution in [2.75, 3.05) is 9.80 Å². The fraction of sp³-hybridized carbons (Fsp3) is 0.0606. The van der Waals surface area contributed by atoms with Crippen LogP contribution in [0.25, 0.3) is 0 Å². The van der Waals surface area contributed by atoms with E-state index in [2.05, 4.69) is 6.58 Å². The smallest absolute Gasteiger partial charge is 0.258 e. The molecule has 1 atom stereocenters. The largest absolute Gasteiger partial charge is 0.486 e. The average Bonchev–Trinajstić information content (AvgIpc) is 3.52. The first-order chi connectivity index (χ1) is 20.7. The third kappa shape index (κ3) is 5.55. The Kier molecular flexibility index (Phi) is 7.12. The van der Waals surface area contributed by atoms with Crippen molar-refractivity contribution in [2.45, 2.75) is 17.4 Å². The molecule has 214 valence electrons. The molecule has 3 aromatic rings. The molecular weight excluding hydrogens is 568 g/mol. The molecule has 0 radical (unpaired) electrons. The Morgan fingerprint density at radius 1 is 0.698 bits per heavy atom. The van der Waals surface area contributed by atoms with Gasteiger partial charge in [0.25, 0.3) is 17.7 Å². The summed E-state index contributed by atoms with van der Waals surface area (Å²) in [5, 5.41) is 0. The standard InChI is InChI=1S/C33H24N2O7S/c1-22-8-17-31(36)34(22)23-4-2-6-27(20-23)41-25-9-13-29(14-10-25)43(39,40)30-15-11-26(12-16-30)42-28-7-3-5-24(21-28)35-32(37)18-19-33(35)38/h2-9,11-21,25H,1,10H2. The van der Waals surface area contributed by atoms with E-state index in [0.717, 1.165) is 4.90 Å². The predicted molar refractivity (Wildman–Crippen MR) is 160 cm³/mol. The zero-order chi connectivity index (χ0) is 30.1. The number of benzene rings is 3. The molecule has 3 amide bonds. The Morgan fingerprint density at radius 3 is 1.93 bits per heavy atom. The Balaban J connectivity index is 1.10. The molecule has 0 spiro atoms. The van der Waals surface area contributed by atoms with E-state index in [1.54, 1.807) is 66.8 Å². The lowest BCUT2D eigenvalue weighted by Crippen LogP contribution is -2.29. The van der Waals surface area contributed by atoms with Crippen LogP contribution in [0.1, 0.15) is 6.42 Å². The van der Waals surface area contributed by atoms with E-state index in [0.29, 0.717) is 40.7 Å². The van der Waals surface area contributed by atoms with E-state index in [4.69, 9.17) is 9.47 Å². The van der Waals surface area contributed by atoms with Crippen molar-refractivity contribution in [1.29, 1.82) is 0 Å². The lowest BCUT2D eigenvalue weighted by atomic mass is 10.1. The monoisotopic (exact) mass is 592 g/mol. The highest BCUT2D eigenvalue weighted by Gasteiger charge is 2.26. The highest BCUT2D eigenvalue weighted by atomic mass is 32.2. The fourth-order valence-corrected chi connectivity index (χ4v) is 6.13. The van der Waals surface area contributed by atoms with Crippen LogP contribution in [0.15, 0.2) is 137 Å². The van der Waals surface area contributed by atoms with Crippen LogP contribution in [-0.4, -0.2) is 32.2 Å². The molecule has 2 aliphatic heterocycles. The molecule has 0 fully saturated rings. The maximum Gasteiger partial charge on any atom is 0.258 e. The molecule has 3 aromatic carbocycles. The zero-order valence-electron chi connectivity index (χ0n) is 22.6. The minimum atomic E-state index is -3.79. The average molecular weight is 593 g/mol. The summed E-state index contributed by atoms with van der Waals surface area (Å²) in [6, 6.07) is 19.5. The fourth-order valence-electron chi connectivity index (χ4n) is 4.79. The van der Waals surface area contributed by atoms with Crippen LogP contribution in [0.3, 0.4) is 0 Å². The molecule has 6 rings (SSSR count). The number of anilines is 2. The van der Waals surface area contributed by atoms with Gasteiger partial charge >= 0.3 is 0 Å². The Hall–Kier alpha value is -5.48. The van der Waals surface area contributed by atoms with Gasteiger partial charge in [-0.25, -0.2) is 13.3 Å². The van der Waals surface area contributed by atoms with Gasteiger partial charge in [-0.05, 0) is 66.8 Å².